The van der Waals surface area contributed by atoms with Crippen LogP contribution in [0.2, 0.25) is 0 Å². The first kappa shape index (κ1) is 37.6. The Morgan fingerprint density at radius 2 is 1.56 bits per heavy atom. The number of ether oxygens (including phenoxy) is 3. The van der Waals surface area contributed by atoms with Crippen LogP contribution in [0.15, 0.2) is 97.2 Å². The first-order valence-electron chi connectivity index (χ1n) is 17.0. The quantitative estimate of drug-likeness (QED) is 0.108. The van der Waals surface area contributed by atoms with Crippen LogP contribution in [0.25, 0.3) is 0 Å². The zero-order chi connectivity index (χ0) is 37.3. The van der Waals surface area contributed by atoms with E-state index in [4.69, 9.17) is 26.4 Å². The second-order valence-corrected chi connectivity index (χ2v) is 13.4. The summed E-state index contributed by atoms with van der Waals surface area (Å²) in [7, 11) is 0. The van der Waals surface area contributed by atoms with Crippen molar-refractivity contribution in [2.75, 3.05) is 31.1 Å². The molecule has 52 heavy (non-hydrogen) atoms. The highest BCUT2D eigenvalue weighted by atomic mass is 32.1. The summed E-state index contributed by atoms with van der Waals surface area (Å²) in [4.78, 5) is 61.1. The summed E-state index contributed by atoms with van der Waals surface area (Å²) >= 11 is 5.83. The fraction of sp³-hybridized carbons (Fsp3) is 0.308. The van der Waals surface area contributed by atoms with Crippen molar-refractivity contribution in [1.29, 1.82) is 0 Å². The summed E-state index contributed by atoms with van der Waals surface area (Å²) < 4.78 is 16.8. The van der Waals surface area contributed by atoms with E-state index in [1.807, 2.05) is 54.6 Å². The molecule has 5 rings (SSSR count). The zero-order valence-electron chi connectivity index (χ0n) is 29.7. The van der Waals surface area contributed by atoms with Crippen molar-refractivity contribution in [1.82, 2.24) is 20.1 Å². The van der Waals surface area contributed by atoms with Crippen LogP contribution in [0.4, 0.5) is 15.3 Å². The predicted octanol–water partition coefficient (Wildman–Crippen LogP) is 6.84. The third kappa shape index (κ3) is 9.55. The number of nitrogens with one attached hydrogen (secondary N) is 2. The fourth-order valence-electron chi connectivity index (χ4n) is 5.78. The molecule has 2 N–H and O–H groups in total. The van der Waals surface area contributed by atoms with Crippen molar-refractivity contribution in [3.8, 4) is 0 Å². The van der Waals surface area contributed by atoms with Gasteiger partial charge in [0.05, 0.1) is 24.9 Å². The molecule has 12 nitrogen and oxygen atoms in total. The number of benzene rings is 3. The lowest BCUT2D eigenvalue weighted by molar-refractivity contribution is 0.000709. The summed E-state index contributed by atoms with van der Waals surface area (Å²) in [5.41, 5.74) is 2.48. The number of H-pyrrole nitrogens is 1. The number of anilines is 1. The Hall–Kier alpha value is -5.69. The number of thiocarbonyl (C=S) groups is 1. The number of carbonyl (C=O) groups excluding carboxylic acids is 4. The Morgan fingerprint density at radius 3 is 2.25 bits per heavy atom. The number of carbonyl (C=O) groups is 4. The first-order valence-corrected chi connectivity index (χ1v) is 17.4. The van der Waals surface area contributed by atoms with E-state index in [9.17, 15) is 19.2 Å². The SMILES string of the molecule is CCOC(=O)c1[nH]ccc1N(Cc1ccccc1C1CN(C(=O)OC(C)(C)C)CCN1C(=O)OCc1ccccc1)C(=S)NC(=O)c1ccccc1. The second kappa shape index (κ2) is 17.0. The highest BCUT2D eigenvalue weighted by Crippen LogP contribution is 2.32. The maximum atomic E-state index is 13.8. The topological polar surface area (TPSA) is 134 Å². The normalized spacial score (nSPS) is 14.3. The minimum absolute atomic E-state index is 0.0342. The largest absolute Gasteiger partial charge is 0.461 e. The summed E-state index contributed by atoms with van der Waals surface area (Å²) in [6.07, 6.45) is 0.558. The summed E-state index contributed by atoms with van der Waals surface area (Å²) in [5.74, 6) is -1.02. The average molecular weight is 726 g/mol. The van der Waals surface area contributed by atoms with Gasteiger partial charge in [0.15, 0.2) is 5.11 Å². The van der Waals surface area contributed by atoms with Crippen LogP contribution < -0.4 is 10.2 Å². The van der Waals surface area contributed by atoms with E-state index in [1.54, 1.807) is 85.0 Å². The molecule has 2 heterocycles. The number of aromatic amines is 1. The van der Waals surface area contributed by atoms with Crippen LogP contribution in [0.5, 0.6) is 0 Å². The van der Waals surface area contributed by atoms with Crippen LogP contribution in [0, 0.1) is 0 Å². The predicted molar refractivity (Wildman–Crippen MR) is 200 cm³/mol. The highest BCUT2D eigenvalue weighted by molar-refractivity contribution is 7.80. The fourth-order valence-corrected chi connectivity index (χ4v) is 6.04. The minimum atomic E-state index is -0.718. The minimum Gasteiger partial charge on any atom is -0.461 e. The van der Waals surface area contributed by atoms with Gasteiger partial charge in [0.2, 0.25) is 0 Å². The van der Waals surface area contributed by atoms with Gasteiger partial charge in [0.1, 0.15) is 17.9 Å². The number of hydrogen-bond acceptors (Lipinski definition) is 8. The van der Waals surface area contributed by atoms with Crippen molar-refractivity contribution in [3.05, 3.63) is 125 Å². The van der Waals surface area contributed by atoms with Gasteiger partial charge in [0.25, 0.3) is 5.91 Å². The third-order valence-electron chi connectivity index (χ3n) is 8.21. The van der Waals surface area contributed by atoms with Crippen molar-refractivity contribution in [3.63, 3.8) is 0 Å². The van der Waals surface area contributed by atoms with E-state index in [0.717, 1.165) is 5.56 Å². The van der Waals surface area contributed by atoms with E-state index in [-0.39, 0.29) is 50.2 Å². The van der Waals surface area contributed by atoms with E-state index in [0.29, 0.717) is 22.4 Å². The van der Waals surface area contributed by atoms with Crippen molar-refractivity contribution < 1.29 is 33.4 Å². The lowest BCUT2D eigenvalue weighted by atomic mass is 9.96. The number of piperazine rings is 1. The van der Waals surface area contributed by atoms with Gasteiger partial charge in [-0.25, -0.2) is 14.4 Å². The summed E-state index contributed by atoms with van der Waals surface area (Å²) in [5, 5.41) is 2.84. The molecule has 0 saturated carbocycles. The molecule has 0 spiro atoms. The van der Waals surface area contributed by atoms with Crippen LogP contribution in [-0.2, 0) is 27.4 Å². The Kier molecular flexibility index (Phi) is 12.3. The van der Waals surface area contributed by atoms with Crippen LogP contribution in [0.3, 0.4) is 0 Å². The van der Waals surface area contributed by atoms with Gasteiger partial charge < -0.3 is 29.0 Å². The molecule has 1 saturated heterocycles. The molecular formula is C39H43N5O7S. The van der Waals surface area contributed by atoms with Gasteiger partial charge in [-0.2, -0.15) is 0 Å². The molecule has 0 bridgehead atoms. The number of rotatable bonds is 9. The molecule has 1 fully saturated rings. The second-order valence-electron chi connectivity index (χ2n) is 13.0. The lowest BCUT2D eigenvalue weighted by Gasteiger charge is -2.42. The van der Waals surface area contributed by atoms with E-state index < -0.39 is 35.7 Å². The molecule has 0 aliphatic carbocycles. The number of aromatic nitrogens is 1. The van der Waals surface area contributed by atoms with Crippen molar-refractivity contribution in [2.24, 2.45) is 0 Å². The number of nitrogens with zero attached hydrogens (tertiary/aromatic N) is 3. The Bertz CT molecular complexity index is 1880. The molecule has 0 radical (unpaired) electrons. The molecule has 4 aromatic rings. The van der Waals surface area contributed by atoms with Gasteiger partial charge in [-0.15, -0.1) is 0 Å². The Labute approximate surface area is 308 Å². The molecule has 272 valence electrons. The first-order chi connectivity index (χ1) is 24.9. The monoisotopic (exact) mass is 725 g/mol. The van der Waals surface area contributed by atoms with Gasteiger partial charge >= 0.3 is 18.2 Å². The number of amides is 3. The van der Waals surface area contributed by atoms with Gasteiger partial charge in [0, 0.05) is 31.4 Å². The van der Waals surface area contributed by atoms with E-state index >= 15 is 0 Å². The van der Waals surface area contributed by atoms with E-state index in [2.05, 4.69) is 10.3 Å². The maximum absolute atomic E-state index is 13.8. The number of hydrogen-bond donors (Lipinski definition) is 2. The smallest absolute Gasteiger partial charge is 0.410 e. The molecule has 1 aromatic heterocycles. The zero-order valence-corrected chi connectivity index (χ0v) is 30.5. The molecule has 3 aromatic carbocycles. The molecule has 13 heteroatoms. The molecule has 1 aliphatic rings. The lowest BCUT2D eigenvalue weighted by Crippen LogP contribution is -2.53. The maximum Gasteiger partial charge on any atom is 0.410 e. The number of esters is 1. The standard InChI is InChI=1S/C39H43N5O7S/c1-5-49-35(46)33-31(20-21-40-33)44(36(52)41-34(45)28-16-10-7-11-17-28)24-29-18-12-13-19-30(29)32-25-42(37(47)51-39(2,3)4)22-23-43(32)38(48)50-26-27-14-8-6-9-15-27/h6-21,32,40H,5,22-26H2,1-4H3,(H,41,45,52). The summed E-state index contributed by atoms with van der Waals surface area (Å²) in [6, 6.07) is 26.5. The summed E-state index contributed by atoms with van der Waals surface area (Å²) in [6.45, 7) is 7.96. The van der Waals surface area contributed by atoms with Crippen molar-refractivity contribution in [2.45, 2.75) is 52.5 Å². The molecule has 1 aliphatic heterocycles. The molecular weight excluding hydrogens is 683 g/mol. The Morgan fingerprint density at radius 1 is 0.885 bits per heavy atom. The molecule has 1 unspecified atom stereocenters. The highest BCUT2D eigenvalue weighted by Gasteiger charge is 2.37. The molecule has 1 atom stereocenters. The third-order valence-corrected chi connectivity index (χ3v) is 8.53. The van der Waals surface area contributed by atoms with Crippen LogP contribution in [0.1, 0.15) is 71.3 Å². The van der Waals surface area contributed by atoms with E-state index in [1.165, 1.54) is 0 Å². The van der Waals surface area contributed by atoms with Gasteiger partial charge in [-0.05, 0) is 74.8 Å². The average Bonchev–Trinajstić information content (AvgIpc) is 3.63. The van der Waals surface area contributed by atoms with Crippen molar-refractivity contribution >= 4 is 47.1 Å². The molecule has 3 amide bonds. The van der Waals surface area contributed by atoms with Gasteiger partial charge in [-0.3, -0.25) is 15.0 Å². The van der Waals surface area contributed by atoms with Crippen LogP contribution >= 0.6 is 12.2 Å². The Balaban J connectivity index is 1.50. The van der Waals surface area contributed by atoms with Crippen LogP contribution in [-0.4, -0.2) is 75.8 Å². The van der Waals surface area contributed by atoms with Gasteiger partial charge in [-0.1, -0.05) is 72.8 Å².